The highest BCUT2D eigenvalue weighted by atomic mass is 16.6. The number of rotatable bonds is 4. The summed E-state index contributed by atoms with van der Waals surface area (Å²) in [6.07, 6.45) is -0.396. The van der Waals surface area contributed by atoms with Crippen LogP contribution in [0.3, 0.4) is 0 Å². The predicted molar refractivity (Wildman–Crippen MR) is 62.1 cm³/mol. The van der Waals surface area contributed by atoms with E-state index in [1.807, 2.05) is 41.5 Å². The Morgan fingerprint density at radius 1 is 1.27 bits per heavy atom. The average molecular weight is 219 g/mol. The number of hydrogen-bond donors (Lipinski definition) is 1. The Hall–Kier alpha value is -0.770. The zero-order valence-electron chi connectivity index (χ0n) is 10.8. The van der Waals surface area contributed by atoms with Crippen LogP contribution in [0.25, 0.3) is 0 Å². The third kappa shape index (κ3) is 15.9. The van der Waals surface area contributed by atoms with Gasteiger partial charge in [-0.2, -0.15) is 0 Å². The molecule has 0 unspecified atom stereocenters. The van der Waals surface area contributed by atoms with Gasteiger partial charge in [0.25, 0.3) is 0 Å². The van der Waals surface area contributed by atoms with Crippen LogP contribution >= 0.6 is 0 Å². The first-order chi connectivity index (χ1) is 6.95. The normalized spacial score (nSPS) is 10.0. The Bertz CT molecular complexity index is 152. The maximum atomic E-state index is 11.0. The van der Waals surface area contributed by atoms with Crippen LogP contribution in [0.4, 0.5) is 4.79 Å². The van der Waals surface area contributed by atoms with Crippen LogP contribution in [-0.2, 0) is 9.47 Å². The Balaban J connectivity index is 0. The van der Waals surface area contributed by atoms with Gasteiger partial charge in [-0.3, -0.25) is 0 Å². The lowest BCUT2D eigenvalue weighted by Gasteiger charge is -2.19. The predicted octanol–water partition coefficient (Wildman–Crippen LogP) is 2.57. The quantitative estimate of drug-likeness (QED) is 0.739. The highest BCUT2D eigenvalue weighted by Gasteiger charge is 2.15. The second kappa shape index (κ2) is 9.77. The lowest BCUT2D eigenvalue weighted by atomic mass is 10.2. The number of carbonyl (C=O) groups excluding carboxylic acids is 1. The van der Waals surface area contributed by atoms with Gasteiger partial charge in [0.05, 0.1) is 6.61 Å². The molecule has 0 saturated carbocycles. The molecule has 4 nitrogen and oxygen atoms in total. The van der Waals surface area contributed by atoms with Gasteiger partial charge in [0.15, 0.2) is 0 Å². The van der Waals surface area contributed by atoms with Crippen LogP contribution in [0.2, 0.25) is 0 Å². The molecule has 92 valence electrons. The van der Waals surface area contributed by atoms with E-state index < -0.39 is 11.7 Å². The summed E-state index contributed by atoms with van der Waals surface area (Å²) in [7, 11) is 0. The van der Waals surface area contributed by atoms with Crippen molar-refractivity contribution < 1.29 is 14.3 Å². The summed E-state index contributed by atoms with van der Waals surface area (Å²) >= 11 is 0. The summed E-state index contributed by atoms with van der Waals surface area (Å²) in [6.45, 7) is 13.1. The van der Waals surface area contributed by atoms with Crippen molar-refractivity contribution in [1.29, 1.82) is 0 Å². The third-order valence-electron chi connectivity index (χ3n) is 1.12. The van der Waals surface area contributed by atoms with E-state index in [1.165, 1.54) is 0 Å². The van der Waals surface area contributed by atoms with E-state index in [9.17, 15) is 4.79 Å². The van der Waals surface area contributed by atoms with Crippen molar-refractivity contribution >= 4 is 6.09 Å². The molecule has 15 heavy (non-hydrogen) atoms. The minimum absolute atomic E-state index is 0.396. The molecule has 0 spiro atoms. The zero-order valence-corrected chi connectivity index (χ0v) is 10.8. The van der Waals surface area contributed by atoms with Crippen molar-refractivity contribution in [3.05, 3.63) is 0 Å². The highest BCUT2D eigenvalue weighted by Crippen LogP contribution is 2.05. The van der Waals surface area contributed by atoms with Gasteiger partial charge in [0.2, 0.25) is 0 Å². The van der Waals surface area contributed by atoms with Crippen LogP contribution in [0.1, 0.15) is 41.5 Å². The van der Waals surface area contributed by atoms with E-state index in [1.54, 1.807) is 0 Å². The van der Waals surface area contributed by atoms with E-state index >= 15 is 0 Å². The SMILES string of the molecule is CC.CCOCCNC(=O)OC(C)(C)C. The minimum Gasteiger partial charge on any atom is -0.444 e. The number of ether oxygens (including phenoxy) is 2. The number of carbonyl (C=O) groups is 1. The van der Waals surface area contributed by atoms with E-state index in [-0.39, 0.29) is 0 Å². The lowest BCUT2D eigenvalue weighted by molar-refractivity contribution is 0.0502. The fourth-order valence-corrected chi connectivity index (χ4v) is 0.684. The van der Waals surface area contributed by atoms with Crippen LogP contribution in [-0.4, -0.2) is 31.5 Å². The molecule has 4 heteroatoms. The average Bonchev–Trinajstić information content (AvgIpc) is 2.13. The first-order valence-electron chi connectivity index (χ1n) is 5.50. The Morgan fingerprint density at radius 2 is 1.80 bits per heavy atom. The molecular formula is C11H25NO3. The molecule has 0 aliphatic carbocycles. The van der Waals surface area contributed by atoms with Crippen LogP contribution in [0.15, 0.2) is 0 Å². The molecule has 0 saturated heterocycles. The van der Waals surface area contributed by atoms with Gasteiger partial charge in [0.1, 0.15) is 5.60 Å². The molecular weight excluding hydrogens is 194 g/mol. The monoisotopic (exact) mass is 219 g/mol. The van der Waals surface area contributed by atoms with E-state index in [2.05, 4.69) is 5.32 Å². The summed E-state index contributed by atoms with van der Waals surface area (Å²) < 4.78 is 10.1. The molecule has 0 aromatic rings. The molecule has 0 rings (SSSR count). The molecule has 0 bridgehead atoms. The Morgan fingerprint density at radius 3 is 2.20 bits per heavy atom. The maximum absolute atomic E-state index is 11.0. The van der Waals surface area contributed by atoms with E-state index in [0.29, 0.717) is 19.8 Å². The molecule has 1 amide bonds. The van der Waals surface area contributed by atoms with Crippen LogP contribution < -0.4 is 5.32 Å². The summed E-state index contributed by atoms with van der Waals surface area (Å²) in [6, 6.07) is 0. The van der Waals surface area contributed by atoms with Gasteiger partial charge >= 0.3 is 6.09 Å². The van der Waals surface area contributed by atoms with Crippen molar-refractivity contribution in [3.8, 4) is 0 Å². The standard InChI is InChI=1S/C9H19NO3.C2H6/c1-5-12-7-6-10-8(11)13-9(2,3)4;1-2/h5-7H2,1-4H3,(H,10,11);1-2H3. The maximum Gasteiger partial charge on any atom is 0.407 e. The molecule has 0 aliphatic heterocycles. The molecule has 0 aromatic heterocycles. The third-order valence-corrected chi connectivity index (χ3v) is 1.12. The zero-order chi connectivity index (χ0) is 12.3. The van der Waals surface area contributed by atoms with Gasteiger partial charge < -0.3 is 14.8 Å². The smallest absolute Gasteiger partial charge is 0.407 e. The number of amides is 1. The topological polar surface area (TPSA) is 47.6 Å². The number of alkyl carbamates (subject to hydrolysis) is 1. The Labute approximate surface area is 93.3 Å². The Kier molecular flexibility index (Phi) is 10.8. The van der Waals surface area contributed by atoms with E-state index in [4.69, 9.17) is 9.47 Å². The molecule has 0 fully saturated rings. The summed E-state index contributed by atoms with van der Waals surface area (Å²) in [5.74, 6) is 0. The fourth-order valence-electron chi connectivity index (χ4n) is 0.684. The van der Waals surface area contributed by atoms with Gasteiger partial charge in [-0.1, -0.05) is 13.8 Å². The number of nitrogens with one attached hydrogen (secondary N) is 1. The van der Waals surface area contributed by atoms with Crippen molar-refractivity contribution in [3.63, 3.8) is 0 Å². The van der Waals surface area contributed by atoms with Crippen LogP contribution in [0.5, 0.6) is 0 Å². The molecule has 0 aliphatic rings. The fraction of sp³-hybridized carbons (Fsp3) is 0.909. The molecule has 1 N–H and O–H groups in total. The largest absolute Gasteiger partial charge is 0.444 e. The molecule has 0 aromatic carbocycles. The van der Waals surface area contributed by atoms with Crippen molar-refractivity contribution in [1.82, 2.24) is 5.32 Å². The van der Waals surface area contributed by atoms with Crippen LogP contribution in [0, 0.1) is 0 Å². The van der Waals surface area contributed by atoms with E-state index in [0.717, 1.165) is 0 Å². The van der Waals surface area contributed by atoms with Crippen molar-refractivity contribution in [2.24, 2.45) is 0 Å². The first kappa shape index (κ1) is 16.7. The van der Waals surface area contributed by atoms with Gasteiger partial charge in [0, 0.05) is 13.2 Å². The second-order valence-electron chi connectivity index (χ2n) is 3.63. The summed E-state index contributed by atoms with van der Waals surface area (Å²) in [5.41, 5.74) is -0.435. The van der Waals surface area contributed by atoms with Gasteiger partial charge in [-0.25, -0.2) is 4.79 Å². The van der Waals surface area contributed by atoms with Gasteiger partial charge in [-0.05, 0) is 27.7 Å². The van der Waals surface area contributed by atoms with Crippen molar-refractivity contribution in [2.75, 3.05) is 19.8 Å². The second-order valence-corrected chi connectivity index (χ2v) is 3.63. The minimum atomic E-state index is -0.435. The van der Waals surface area contributed by atoms with Crippen molar-refractivity contribution in [2.45, 2.75) is 47.1 Å². The number of hydrogen-bond acceptors (Lipinski definition) is 3. The lowest BCUT2D eigenvalue weighted by Crippen LogP contribution is -2.34. The van der Waals surface area contributed by atoms with Gasteiger partial charge in [-0.15, -0.1) is 0 Å². The summed E-state index contributed by atoms with van der Waals surface area (Å²) in [4.78, 5) is 11.0. The molecule has 0 atom stereocenters. The summed E-state index contributed by atoms with van der Waals surface area (Å²) in [5, 5.41) is 2.59. The first-order valence-corrected chi connectivity index (χ1v) is 5.50. The molecule has 0 heterocycles. The highest BCUT2D eigenvalue weighted by molar-refractivity contribution is 5.67. The molecule has 0 radical (unpaired) electrons.